The van der Waals surface area contributed by atoms with Gasteiger partial charge in [0.05, 0.1) is 5.52 Å². The van der Waals surface area contributed by atoms with Crippen LogP contribution in [0.2, 0.25) is 0 Å². The van der Waals surface area contributed by atoms with Gasteiger partial charge < -0.3 is 9.47 Å². The molecule has 1 aromatic carbocycles. The Morgan fingerprint density at radius 2 is 1.68 bits per heavy atom. The molecule has 0 aliphatic carbocycles. The van der Waals surface area contributed by atoms with E-state index in [0.717, 1.165) is 6.54 Å². The molecule has 0 N–H and O–H groups in total. The van der Waals surface area contributed by atoms with E-state index in [4.69, 9.17) is 0 Å². The van der Waals surface area contributed by atoms with Gasteiger partial charge in [-0.3, -0.25) is 4.98 Å². The van der Waals surface area contributed by atoms with Crippen LogP contribution in [0.1, 0.15) is 25.7 Å². The van der Waals surface area contributed by atoms with Crippen molar-refractivity contribution in [2.45, 2.75) is 32.2 Å². The number of hydrogen-bond acceptors (Lipinski definition) is 2. The molecule has 3 heterocycles. The van der Waals surface area contributed by atoms with Gasteiger partial charge >= 0.3 is 0 Å². The minimum absolute atomic E-state index is 1.09. The number of likely N-dealkylation sites (tertiary alicyclic amines) is 1. The standard InChI is InChI=1S/C19H23N3/c1-4-11-21(12-5-1)13-6-14-22-18-8-3-2-7-16(18)17-15-20-10-9-19(17)22/h2-3,7-10,15H,1,4-6,11-14H2. The first kappa shape index (κ1) is 13.8. The Bertz CT molecular complexity index is 715. The van der Waals surface area contributed by atoms with Crippen molar-refractivity contribution in [3.8, 4) is 0 Å². The number of nitrogens with zero attached hydrogens (tertiary/aromatic N) is 3. The zero-order valence-corrected chi connectivity index (χ0v) is 13.0. The fraction of sp³-hybridized carbons (Fsp3) is 0.421. The maximum absolute atomic E-state index is 4.31. The second-order valence-corrected chi connectivity index (χ2v) is 6.32. The van der Waals surface area contributed by atoms with Gasteiger partial charge in [-0.15, -0.1) is 0 Å². The third kappa shape index (κ3) is 2.50. The second-order valence-electron chi connectivity index (χ2n) is 6.32. The lowest BCUT2D eigenvalue weighted by Crippen LogP contribution is -2.31. The number of fused-ring (bicyclic) bond motifs is 3. The Morgan fingerprint density at radius 3 is 2.59 bits per heavy atom. The molecule has 2 aromatic heterocycles. The molecular formula is C19H23N3. The fourth-order valence-electron chi connectivity index (χ4n) is 3.77. The number of para-hydroxylation sites is 1. The molecule has 114 valence electrons. The Kier molecular flexibility index (Phi) is 3.81. The highest BCUT2D eigenvalue weighted by molar-refractivity contribution is 6.07. The summed E-state index contributed by atoms with van der Waals surface area (Å²) in [5, 5.41) is 2.60. The number of benzene rings is 1. The fourth-order valence-corrected chi connectivity index (χ4v) is 3.77. The molecule has 3 heteroatoms. The molecule has 1 saturated heterocycles. The monoisotopic (exact) mass is 293 g/mol. The maximum atomic E-state index is 4.31. The summed E-state index contributed by atoms with van der Waals surface area (Å²) >= 11 is 0. The van der Waals surface area contributed by atoms with E-state index in [-0.39, 0.29) is 0 Å². The smallest absolute Gasteiger partial charge is 0.0522 e. The van der Waals surface area contributed by atoms with Crippen molar-refractivity contribution in [1.82, 2.24) is 14.5 Å². The Hall–Kier alpha value is -1.87. The number of aromatic nitrogens is 2. The van der Waals surface area contributed by atoms with Crippen molar-refractivity contribution in [2.24, 2.45) is 0 Å². The topological polar surface area (TPSA) is 21.1 Å². The van der Waals surface area contributed by atoms with Gasteiger partial charge in [0.25, 0.3) is 0 Å². The predicted molar refractivity (Wildman–Crippen MR) is 92.1 cm³/mol. The average Bonchev–Trinajstić information content (AvgIpc) is 2.91. The van der Waals surface area contributed by atoms with Gasteiger partial charge in [0.2, 0.25) is 0 Å². The lowest BCUT2D eigenvalue weighted by molar-refractivity contribution is 0.223. The molecule has 3 nitrogen and oxygen atoms in total. The number of rotatable bonds is 4. The summed E-state index contributed by atoms with van der Waals surface area (Å²) in [4.78, 5) is 6.93. The van der Waals surface area contributed by atoms with Crippen molar-refractivity contribution in [2.75, 3.05) is 19.6 Å². The van der Waals surface area contributed by atoms with Crippen LogP contribution in [0.15, 0.2) is 42.7 Å². The second kappa shape index (κ2) is 6.09. The van der Waals surface area contributed by atoms with Crippen molar-refractivity contribution >= 4 is 21.8 Å². The van der Waals surface area contributed by atoms with E-state index < -0.39 is 0 Å². The van der Waals surface area contributed by atoms with E-state index >= 15 is 0 Å². The maximum Gasteiger partial charge on any atom is 0.0522 e. The van der Waals surface area contributed by atoms with E-state index in [1.54, 1.807) is 0 Å². The number of piperidine rings is 1. The van der Waals surface area contributed by atoms with E-state index in [1.165, 1.54) is 67.1 Å². The quantitative estimate of drug-likeness (QED) is 0.723. The SMILES string of the molecule is c1ccc2c(c1)c1cnccc1n2CCCN1CCCCC1. The lowest BCUT2D eigenvalue weighted by atomic mass is 10.1. The highest BCUT2D eigenvalue weighted by atomic mass is 15.1. The van der Waals surface area contributed by atoms with Gasteiger partial charge in [0.15, 0.2) is 0 Å². The zero-order chi connectivity index (χ0) is 14.8. The zero-order valence-electron chi connectivity index (χ0n) is 13.0. The summed E-state index contributed by atoms with van der Waals surface area (Å²) in [5.74, 6) is 0. The number of hydrogen-bond donors (Lipinski definition) is 0. The first-order chi connectivity index (χ1) is 10.9. The minimum Gasteiger partial charge on any atom is -0.340 e. The first-order valence-corrected chi connectivity index (χ1v) is 8.47. The van der Waals surface area contributed by atoms with Gasteiger partial charge in [0, 0.05) is 35.2 Å². The molecule has 0 unspecified atom stereocenters. The Morgan fingerprint density at radius 1 is 0.864 bits per heavy atom. The third-order valence-electron chi connectivity index (χ3n) is 4.88. The van der Waals surface area contributed by atoms with Crippen molar-refractivity contribution in [3.05, 3.63) is 42.7 Å². The average molecular weight is 293 g/mol. The Balaban J connectivity index is 1.59. The van der Waals surface area contributed by atoms with Crippen LogP contribution in [0.4, 0.5) is 0 Å². The van der Waals surface area contributed by atoms with E-state index in [2.05, 4.69) is 44.8 Å². The van der Waals surface area contributed by atoms with E-state index in [9.17, 15) is 0 Å². The molecular weight excluding hydrogens is 270 g/mol. The van der Waals surface area contributed by atoms with Gasteiger partial charge in [-0.25, -0.2) is 0 Å². The highest BCUT2D eigenvalue weighted by Gasteiger charge is 2.12. The number of aryl methyl sites for hydroxylation is 1. The van der Waals surface area contributed by atoms with Crippen molar-refractivity contribution in [1.29, 1.82) is 0 Å². The summed E-state index contributed by atoms with van der Waals surface area (Å²) < 4.78 is 2.47. The molecule has 3 aromatic rings. The molecule has 0 amide bonds. The van der Waals surface area contributed by atoms with E-state index in [0.29, 0.717) is 0 Å². The summed E-state index contributed by atoms with van der Waals surface area (Å²) in [6.07, 6.45) is 9.29. The normalized spacial score (nSPS) is 16.5. The molecule has 4 rings (SSSR count). The summed E-state index contributed by atoms with van der Waals surface area (Å²) in [7, 11) is 0. The molecule has 1 aliphatic heterocycles. The largest absolute Gasteiger partial charge is 0.340 e. The molecule has 0 spiro atoms. The molecule has 1 fully saturated rings. The van der Waals surface area contributed by atoms with Gasteiger partial charge in [-0.2, -0.15) is 0 Å². The van der Waals surface area contributed by atoms with Crippen LogP contribution in [0.5, 0.6) is 0 Å². The molecule has 0 bridgehead atoms. The van der Waals surface area contributed by atoms with Crippen molar-refractivity contribution < 1.29 is 0 Å². The van der Waals surface area contributed by atoms with Crippen LogP contribution >= 0.6 is 0 Å². The number of pyridine rings is 1. The van der Waals surface area contributed by atoms with Gasteiger partial charge in [-0.05, 0) is 51.0 Å². The minimum atomic E-state index is 1.09. The van der Waals surface area contributed by atoms with Gasteiger partial charge in [-0.1, -0.05) is 24.6 Å². The molecule has 22 heavy (non-hydrogen) atoms. The molecule has 0 saturated carbocycles. The molecule has 0 radical (unpaired) electrons. The summed E-state index contributed by atoms with van der Waals surface area (Å²) in [6, 6.07) is 10.8. The summed E-state index contributed by atoms with van der Waals surface area (Å²) in [6.45, 7) is 4.89. The summed E-state index contributed by atoms with van der Waals surface area (Å²) in [5.41, 5.74) is 2.65. The lowest BCUT2D eigenvalue weighted by Gasteiger charge is -2.26. The van der Waals surface area contributed by atoms with Crippen molar-refractivity contribution in [3.63, 3.8) is 0 Å². The first-order valence-electron chi connectivity index (χ1n) is 8.47. The van der Waals surface area contributed by atoms with Gasteiger partial charge in [0.1, 0.15) is 0 Å². The van der Waals surface area contributed by atoms with Crippen LogP contribution in [-0.4, -0.2) is 34.1 Å². The van der Waals surface area contributed by atoms with E-state index in [1.807, 2.05) is 12.4 Å². The van der Waals surface area contributed by atoms with Crippen LogP contribution < -0.4 is 0 Å². The van der Waals surface area contributed by atoms with Crippen LogP contribution in [0, 0.1) is 0 Å². The van der Waals surface area contributed by atoms with Crippen LogP contribution in [0.3, 0.4) is 0 Å². The molecule has 1 aliphatic rings. The highest BCUT2D eigenvalue weighted by Crippen LogP contribution is 2.28. The Labute approximate surface area is 131 Å². The third-order valence-corrected chi connectivity index (χ3v) is 4.88. The van der Waals surface area contributed by atoms with Crippen LogP contribution in [-0.2, 0) is 6.54 Å². The molecule has 0 atom stereocenters. The predicted octanol–water partition coefficient (Wildman–Crippen LogP) is 4.07. The van der Waals surface area contributed by atoms with Crippen LogP contribution in [0.25, 0.3) is 21.8 Å².